The minimum atomic E-state index is -0.895. The van der Waals surface area contributed by atoms with Crippen molar-refractivity contribution in [1.29, 1.82) is 0 Å². The molecule has 0 aromatic heterocycles. The summed E-state index contributed by atoms with van der Waals surface area (Å²) in [6.45, 7) is 1.96. The predicted octanol–water partition coefficient (Wildman–Crippen LogP) is 3.11. The minimum absolute atomic E-state index is 0.212. The quantitative estimate of drug-likeness (QED) is 0.814. The van der Waals surface area contributed by atoms with Crippen LogP contribution in [0.2, 0.25) is 0 Å². The molecule has 0 spiro atoms. The summed E-state index contributed by atoms with van der Waals surface area (Å²) in [7, 11) is 0. The highest BCUT2D eigenvalue weighted by molar-refractivity contribution is 6.12. The van der Waals surface area contributed by atoms with Gasteiger partial charge in [-0.15, -0.1) is 0 Å². The van der Waals surface area contributed by atoms with Gasteiger partial charge in [0.25, 0.3) is 0 Å². The fraction of sp³-hybridized carbons (Fsp3) is 0.176. The molecule has 3 rings (SSSR count). The topological polar surface area (TPSA) is 69.7 Å². The maximum Gasteiger partial charge on any atom is 0.338 e. The molecule has 0 saturated carbocycles. The number of rotatable bonds is 3. The fourth-order valence-electron chi connectivity index (χ4n) is 2.58. The van der Waals surface area contributed by atoms with Crippen LogP contribution in [0.4, 0.5) is 5.69 Å². The maximum atomic E-state index is 12.5. The number of anilines is 1. The van der Waals surface area contributed by atoms with Crippen molar-refractivity contribution in [2.45, 2.75) is 13.0 Å². The SMILES string of the molecule is CCOC(=O)c1ccc2c(c1)N([O-])C(c1ccccc1)C2=O. The van der Waals surface area contributed by atoms with Gasteiger partial charge in [-0.05, 0) is 30.7 Å². The second kappa shape index (κ2) is 5.61. The average molecular weight is 296 g/mol. The molecule has 22 heavy (non-hydrogen) atoms. The first kappa shape index (κ1) is 14.3. The molecule has 2 aromatic rings. The van der Waals surface area contributed by atoms with E-state index in [2.05, 4.69) is 0 Å². The Morgan fingerprint density at radius 2 is 1.95 bits per heavy atom. The summed E-state index contributed by atoms with van der Waals surface area (Å²) >= 11 is 0. The molecule has 0 fully saturated rings. The molecule has 1 heterocycles. The van der Waals surface area contributed by atoms with Crippen LogP contribution in [-0.2, 0) is 4.74 Å². The third kappa shape index (κ3) is 2.25. The monoisotopic (exact) mass is 296 g/mol. The maximum absolute atomic E-state index is 12.5. The average Bonchev–Trinajstić information content (AvgIpc) is 2.79. The molecule has 1 aliphatic heterocycles. The van der Waals surface area contributed by atoms with Crippen molar-refractivity contribution in [3.05, 3.63) is 70.4 Å². The lowest BCUT2D eigenvalue weighted by Crippen LogP contribution is -2.21. The molecule has 112 valence electrons. The normalized spacial score (nSPS) is 16.5. The molecule has 1 atom stereocenters. The fourth-order valence-corrected chi connectivity index (χ4v) is 2.58. The van der Waals surface area contributed by atoms with Gasteiger partial charge in [0.15, 0.2) is 5.78 Å². The van der Waals surface area contributed by atoms with Crippen molar-refractivity contribution in [3.63, 3.8) is 0 Å². The number of carbonyl (C=O) groups excluding carboxylic acids is 2. The molecule has 5 nitrogen and oxygen atoms in total. The molecule has 1 unspecified atom stereocenters. The van der Waals surface area contributed by atoms with E-state index in [-0.39, 0.29) is 23.6 Å². The number of nitrogens with zero attached hydrogens (tertiary/aromatic N) is 1. The van der Waals surface area contributed by atoms with Gasteiger partial charge in [0, 0.05) is 11.3 Å². The molecule has 0 N–H and O–H groups in total. The van der Waals surface area contributed by atoms with E-state index in [9.17, 15) is 14.8 Å². The molecule has 0 amide bonds. The molecular formula is C17H14NO4-. The number of hydrogen-bond acceptors (Lipinski definition) is 5. The molecule has 0 bridgehead atoms. The van der Waals surface area contributed by atoms with E-state index in [0.717, 1.165) is 0 Å². The number of ether oxygens (including phenoxy) is 1. The van der Waals surface area contributed by atoms with Crippen molar-refractivity contribution in [1.82, 2.24) is 0 Å². The molecular weight excluding hydrogens is 282 g/mol. The number of esters is 1. The van der Waals surface area contributed by atoms with Gasteiger partial charge in [0.1, 0.15) is 6.04 Å². The van der Waals surface area contributed by atoms with Crippen molar-refractivity contribution >= 4 is 17.4 Å². The van der Waals surface area contributed by atoms with E-state index in [4.69, 9.17) is 4.74 Å². The van der Waals surface area contributed by atoms with Crippen molar-refractivity contribution in [3.8, 4) is 0 Å². The van der Waals surface area contributed by atoms with Crippen molar-refractivity contribution in [2.24, 2.45) is 0 Å². The smallest absolute Gasteiger partial charge is 0.338 e. The summed E-state index contributed by atoms with van der Waals surface area (Å²) < 4.78 is 4.92. The Kier molecular flexibility index (Phi) is 3.65. The first-order valence-electron chi connectivity index (χ1n) is 7.00. The number of ketones is 1. The zero-order valence-corrected chi connectivity index (χ0v) is 12.0. The summed E-state index contributed by atoms with van der Waals surface area (Å²) in [4.78, 5) is 24.2. The van der Waals surface area contributed by atoms with Crippen LogP contribution in [0.25, 0.3) is 0 Å². The first-order chi connectivity index (χ1) is 10.6. The second-order valence-corrected chi connectivity index (χ2v) is 4.96. The third-order valence-electron chi connectivity index (χ3n) is 3.61. The predicted molar refractivity (Wildman–Crippen MR) is 81.8 cm³/mol. The molecule has 0 radical (unpaired) electrons. The Hall–Kier alpha value is -2.66. The molecule has 0 aliphatic carbocycles. The lowest BCUT2D eigenvalue weighted by Gasteiger charge is -2.32. The van der Waals surface area contributed by atoms with E-state index in [1.807, 2.05) is 6.07 Å². The Balaban J connectivity index is 1.99. The van der Waals surface area contributed by atoms with Gasteiger partial charge in [-0.25, -0.2) is 4.79 Å². The number of carbonyl (C=O) groups is 2. The lowest BCUT2D eigenvalue weighted by molar-refractivity contribution is 0.0526. The molecule has 5 heteroatoms. The highest BCUT2D eigenvalue weighted by Gasteiger charge is 2.33. The van der Waals surface area contributed by atoms with Gasteiger partial charge >= 0.3 is 5.97 Å². The molecule has 0 saturated heterocycles. The van der Waals surface area contributed by atoms with Crippen LogP contribution < -0.4 is 5.06 Å². The zero-order chi connectivity index (χ0) is 15.7. The van der Waals surface area contributed by atoms with Gasteiger partial charge in [-0.3, -0.25) is 4.79 Å². The summed E-state index contributed by atoms with van der Waals surface area (Å²) in [6.07, 6.45) is 0. The summed E-state index contributed by atoms with van der Waals surface area (Å²) in [5, 5.41) is 13.1. The largest absolute Gasteiger partial charge is 0.758 e. The van der Waals surface area contributed by atoms with E-state index in [1.165, 1.54) is 18.2 Å². The summed E-state index contributed by atoms with van der Waals surface area (Å²) in [5.74, 6) is -0.763. The third-order valence-corrected chi connectivity index (χ3v) is 3.61. The highest BCUT2D eigenvalue weighted by Crippen LogP contribution is 2.40. The van der Waals surface area contributed by atoms with E-state index >= 15 is 0 Å². The highest BCUT2D eigenvalue weighted by atomic mass is 16.5. The number of hydroxylamine groups is 1. The second-order valence-electron chi connectivity index (χ2n) is 4.96. The van der Waals surface area contributed by atoms with Crippen LogP contribution >= 0.6 is 0 Å². The Morgan fingerprint density at radius 3 is 2.64 bits per heavy atom. The zero-order valence-electron chi connectivity index (χ0n) is 12.0. The number of fused-ring (bicyclic) bond motifs is 1. The first-order valence-corrected chi connectivity index (χ1v) is 7.00. The Bertz CT molecular complexity index is 727. The van der Waals surface area contributed by atoms with Gasteiger partial charge in [-0.2, -0.15) is 0 Å². The molecule has 1 aliphatic rings. The van der Waals surface area contributed by atoms with Gasteiger partial charge in [0.2, 0.25) is 0 Å². The number of Topliss-reactive ketones (excluding diaryl/α,β-unsaturated/α-hetero) is 1. The van der Waals surface area contributed by atoms with E-state index in [1.54, 1.807) is 31.2 Å². The van der Waals surface area contributed by atoms with Crippen molar-refractivity contribution in [2.75, 3.05) is 11.7 Å². The van der Waals surface area contributed by atoms with E-state index < -0.39 is 12.0 Å². The number of benzene rings is 2. The Labute approximate surface area is 127 Å². The summed E-state index contributed by atoms with van der Waals surface area (Å²) in [5.41, 5.74) is 1.45. The Morgan fingerprint density at radius 1 is 1.23 bits per heavy atom. The van der Waals surface area contributed by atoms with Gasteiger partial charge < -0.3 is 15.0 Å². The van der Waals surface area contributed by atoms with Crippen molar-refractivity contribution < 1.29 is 14.3 Å². The lowest BCUT2D eigenvalue weighted by atomic mass is 10.0. The van der Waals surface area contributed by atoms with E-state index in [0.29, 0.717) is 16.2 Å². The van der Waals surface area contributed by atoms with Crippen LogP contribution in [0.5, 0.6) is 0 Å². The minimum Gasteiger partial charge on any atom is -0.758 e. The van der Waals surface area contributed by atoms with Gasteiger partial charge in [-0.1, -0.05) is 30.3 Å². The summed E-state index contributed by atoms with van der Waals surface area (Å²) in [6, 6.07) is 12.4. The van der Waals surface area contributed by atoms with Crippen LogP contribution in [-0.4, -0.2) is 18.4 Å². The molecule has 2 aromatic carbocycles. The van der Waals surface area contributed by atoms with Gasteiger partial charge in [0.05, 0.1) is 12.2 Å². The van der Waals surface area contributed by atoms with Crippen LogP contribution in [0, 0.1) is 5.21 Å². The van der Waals surface area contributed by atoms with Crippen LogP contribution in [0.1, 0.15) is 39.2 Å². The van der Waals surface area contributed by atoms with Crippen LogP contribution in [0.15, 0.2) is 48.5 Å². The standard InChI is InChI=1S/C17H14NO4/c1-2-22-17(20)12-8-9-13-14(10-12)18(21)15(16(13)19)11-6-4-3-5-7-11/h3-10,15H,2H2,1H3/q-1. The van der Waals surface area contributed by atoms with Crippen LogP contribution in [0.3, 0.4) is 0 Å². The number of hydrogen-bond donors (Lipinski definition) is 0.